The molecule has 5 nitrogen and oxygen atoms in total. The summed E-state index contributed by atoms with van der Waals surface area (Å²) in [6, 6.07) is 0.852. The number of nitrogens with zero attached hydrogens (tertiary/aromatic N) is 4. The first-order chi connectivity index (χ1) is 8.72. The van der Waals surface area contributed by atoms with E-state index < -0.39 is 0 Å². The summed E-state index contributed by atoms with van der Waals surface area (Å²) in [7, 11) is 0. The Labute approximate surface area is 109 Å². The van der Waals surface area contributed by atoms with Crippen molar-refractivity contribution in [1.82, 2.24) is 19.7 Å². The molecule has 0 aliphatic carbocycles. The third-order valence-corrected chi connectivity index (χ3v) is 3.69. The van der Waals surface area contributed by atoms with Crippen LogP contribution in [0.25, 0.3) is 0 Å². The summed E-state index contributed by atoms with van der Waals surface area (Å²) in [6.07, 6.45) is 6.22. The maximum atomic E-state index is 9.15. The van der Waals surface area contributed by atoms with Crippen LogP contribution in [0, 0.1) is 0 Å². The Kier molecular flexibility index (Phi) is 4.72. The first-order valence-electron chi connectivity index (χ1n) is 6.95. The van der Waals surface area contributed by atoms with Crippen molar-refractivity contribution in [2.24, 2.45) is 0 Å². The average molecular weight is 252 g/mol. The van der Waals surface area contributed by atoms with Gasteiger partial charge in [0.15, 0.2) is 0 Å². The molecule has 1 saturated heterocycles. The number of hydrogen-bond donors (Lipinski definition) is 1. The molecule has 1 aromatic rings. The molecule has 1 atom stereocenters. The molecule has 1 aromatic heterocycles. The Morgan fingerprint density at radius 3 is 3.00 bits per heavy atom. The van der Waals surface area contributed by atoms with Crippen LogP contribution < -0.4 is 0 Å². The third-order valence-electron chi connectivity index (χ3n) is 3.69. The van der Waals surface area contributed by atoms with E-state index in [1.807, 2.05) is 4.68 Å². The number of aliphatic hydroxyl groups is 1. The van der Waals surface area contributed by atoms with E-state index in [9.17, 15) is 0 Å². The maximum Gasteiger partial charge on any atom is 0.141 e. The first-order valence-corrected chi connectivity index (χ1v) is 6.95. The second-order valence-electron chi connectivity index (χ2n) is 5.35. The van der Waals surface area contributed by atoms with Crippen LogP contribution in [-0.2, 0) is 6.54 Å². The molecule has 5 heteroatoms. The van der Waals surface area contributed by atoms with Crippen LogP contribution in [0.1, 0.15) is 51.4 Å². The van der Waals surface area contributed by atoms with Crippen molar-refractivity contribution in [3.63, 3.8) is 0 Å². The number of likely N-dealkylation sites (tertiary alicyclic amines) is 1. The lowest BCUT2D eigenvalue weighted by atomic mass is 10.00. The Hall–Kier alpha value is -0.940. The largest absolute Gasteiger partial charge is 0.396 e. The fourth-order valence-corrected chi connectivity index (χ4v) is 2.74. The average Bonchev–Trinajstić information content (AvgIpc) is 2.80. The van der Waals surface area contributed by atoms with E-state index in [2.05, 4.69) is 28.8 Å². The summed E-state index contributed by atoms with van der Waals surface area (Å²) < 4.78 is 1.99. The summed E-state index contributed by atoms with van der Waals surface area (Å²) in [5.41, 5.74) is 0. The summed E-state index contributed by atoms with van der Waals surface area (Å²) in [4.78, 5) is 6.82. The Bertz CT molecular complexity index is 362. The van der Waals surface area contributed by atoms with E-state index in [0.29, 0.717) is 12.1 Å². The first kappa shape index (κ1) is 13.5. The van der Waals surface area contributed by atoms with Gasteiger partial charge in [-0.05, 0) is 39.7 Å². The van der Waals surface area contributed by atoms with Gasteiger partial charge in [0.05, 0.1) is 6.54 Å². The molecule has 102 valence electrons. The van der Waals surface area contributed by atoms with Gasteiger partial charge in [0.1, 0.15) is 12.2 Å². The van der Waals surface area contributed by atoms with Gasteiger partial charge in [-0.15, -0.1) is 0 Å². The molecule has 1 fully saturated rings. The van der Waals surface area contributed by atoms with Crippen molar-refractivity contribution in [2.75, 3.05) is 13.2 Å². The summed E-state index contributed by atoms with van der Waals surface area (Å²) in [5, 5.41) is 13.4. The van der Waals surface area contributed by atoms with E-state index in [1.165, 1.54) is 19.3 Å². The van der Waals surface area contributed by atoms with Crippen LogP contribution in [-0.4, -0.2) is 44.0 Å². The molecule has 0 aromatic carbocycles. The smallest absolute Gasteiger partial charge is 0.141 e. The molecule has 0 bridgehead atoms. The molecule has 0 amide bonds. The number of aromatic nitrogens is 3. The standard InChI is InChI=1S/C13H24N4O/c1-11(2)17-13(14-10-15-17)9-16-7-4-3-5-12(16)6-8-18/h10-12,18H,3-9H2,1-2H3. The lowest BCUT2D eigenvalue weighted by Crippen LogP contribution is -2.40. The topological polar surface area (TPSA) is 54.2 Å². The summed E-state index contributed by atoms with van der Waals surface area (Å²) in [6.45, 7) is 6.48. The monoisotopic (exact) mass is 252 g/mol. The van der Waals surface area contributed by atoms with Gasteiger partial charge >= 0.3 is 0 Å². The molecule has 1 N–H and O–H groups in total. The van der Waals surface area contributed by atoms with E-state index in [1.54, 1.807) is 6.33 Å². The van der Waals surface area contributed by atoms with Crippen molar-refractivity contribution in [3.05, 3.63) is 12.2 Å². The molecule has 1 unspecified atom stereocenters. The lowest BCUT2D eigenvalue weighted by Gasteiger charge is -2.35. The van der Waals surface area contributed by atoms with Crippen molar-refractivity contribution >= 4 is 0 Å². The highest BCUT2D eigenvalue weighted by Crippen LogP contribution is 2.21. The number of hydrogen-bond acceptors (Lipinski definition) is 4. The lowest BCUT2D eigenvalue weighted by molar-refractivity contribution is 0.107. The van der Waals surface area contributed by atoms with Crippen LogP contribution in [0.2, 0.25) is 0 Å². The minimum Gasteiger partial charge on any atom is -0.396 e. The second-order valence-corrected chi connectivity index (χ2v) is 5.35. The summed E-state index contributed by atoms with van der Waals surface area (Å²) >= 11 is 0. The third kappa shape index (κ3) is 3.09. The highest BCUT2D eigenvalue weighted by atomic mass is 16.3. The van der Waals surface area contributed by atoms with Crippen LogP contribution in [0.15, 0.2) is 6.33 Å². The highest BCUT2D eigenvalue weighted by molar-refractivity contribution is 4.89. The van der Waals surface area contributed by atoms with Crippen LogP contribution >= 0.6 is 0 Å². The van der Waals surface area contributed by atoms with Gasteiger partial charge in [0.25, 0.3) is 0 Å². The van der Waals surface area contributed by atoms with Gasteiger partial charge in [-0.3, -0.25) is 4.90 Å². The second kappa shape index (κ2) is 6.29. The fraction of sp³-hybridized carbons (Fsp3) is 0.846. The van der Waals surface area contributed by atoms with Crippen LogP contribution in [0.3, 0.4) is 0 Å². The maximum absolute atomic E-state index is 9.15. The van der Waals surface area contributed by atoms with Gasteiger partial charge < -0.3 is 5.11 Å². The Morgan fingerprint density at radius 2 is 2.28 bits per heavy atom. The summed E-state index contributed by atoms with van der Waals surface area (Å²) in [5.74, 6) is 1.04. The van der Waals surface area contributed by atoms with Crippen LogP contribution in [0.4, 0.5) is 0 Å². The predicted octanol–water partition coefficient (Wildman–Crippen LogP) is 1.60. The van der Waals surface area contributed by atoms with Crippen molar-refractivity contribution in [3.8, 4) is 0 Å². The number of piperidine rings is 1. The molecule has 0 spiro atoms. The molecule has 1 aliphatic heterocycles. The zero-order valence-corrected chi connectivity index (χ0v) is 11.4. The van der Waals surface area contributed by atoms with E-state index in [4.69, 9.17) is 5.11 Å². The van der Waals surface area contributed by atoms with Crippen molar-refractivity contribution in [1.29, 1.82) is 0 Å². The Balaban J connectivity index is 2.03. The molecule has 2 rings (SSSR count). The minimum absolute atomic E-state index is 0.276. The predicted molar refractivity (Wildman–Crippen MR) is 70.2 cm³/mol. The highest BCUT2D eigenvalue weighted by Gasteiger charge is 2.23. The Morgan fingerprint density at radius 1 is 1.44 bits per heavy atom. The number of rotatable bonds is 5. The quantitative estimate of drug-likeness (QED) is 0.864. The molecule has 1 aliphatic rings. The molecular weight excluding hydrogens is 228 g/mol. The molecular formula is C13H24N4O. The van der Waals surface area contributed by atoms with Crippen LogP contribution in [0.5, 0.6) is 0 Å². The van der Waals surface area contributed by atoms with E-state index in [-0.39, 0.29) is 6.61 Å². The van der Waals surface area contributed by atoms with Gasteiger partial charge in [-0.2, -0.15) is 5.10 Å². The minimum atomic E-state index is 0.276. The van der Waals surface area contributed by atoms with Crippen molar-refractivity contribution in [2.45, 2.75) is 58.2 Å². The normalized spacial score (nSPS) is 21.7. The van der Waals surface area contributed by atoms with Gasteiger partial charge in [-0.25, -0.2) is 9.67 Å². The fourth-order valence-electron chi connectivity index (χ4n) is 2.74. The van der Waals surface area contributed by atoms with E-state index in [0.717, 1.165) is 25.3 Å². The number of aliphatic hydroxyl groups excluding tert-OH is 1. The zero-order chi connectivity index (χ0) is 13.0. The molecule has 0 saturated carbocycles. The van der Waals surface area contributed by atoms with E-state index >= 15 is 0 Å². The molecule has 0 radical (unpaired) electrons. The van der Waals surface area contributed by atoms with Crippen molar-refractivity contribution < 1.29 is 5.11 Å². The molecule has 2 heterocycles. The van der Waals surface area contributed by atoms with Gasteiger partial charge in [-0.1, -0.05) is 6.42 Å². The molecule has 18 heavy (non-hydrogen) atoms. The zero-order valence-electron chi connectivity index (χ0n) is 11.4. The van der Waals surface area contributed by atoms with Gasteiger partial charge in [0.2, 0.25) is 0 Å². The SMILES string of the molecule is CC(C)n1ncnc1CN1CCCCC1CCO. The van der Waals surface area contributed by atoms with Gasteiger partial charge in [0, 0.05) is 18.7 Å².